The normalized spacial score (nSPS) is 14.2. The molecule has 0 atom stereocenters. The van der Waals surface area contributed by atoms with E-state index in [0.29, 0.717) is 22.4 Å². The summed E-state index contributed by atoms with van der Waals surface area (Å²) in [6, 6.07) is 9.89. The lowest BCUT2D eigenvalue weighted by Crippen LogP contribution is -2.36. The summed E-state index contributed by atoms with van der Waals surface area (Å²) < 4.78 is 5.42. The number of benzene rings is 1. The number of aromatic amines is 2. The minimum absolute atomic E-state index is 0.240. The molecule has 0 aliphatic carbocycles. The molecule has 4 aromatic rings. The van der Waals surface area contributed by atoms with E-state index in [1.165, 1.54) is 6.33 Å². The van der Waals surface area contributed by atoms with E-state index in [0.717, 1.165) is 48.9 Å². The number of nitrogens with one attached hydrogen (secondary N) is 3. The summed E-state index contributed by atoms with van der Waals surface area (Å²) in [4.78, 5) is 26.5. The number of morpholine rings is 1. The summed E-state index contributed by atoms with van der Waals surface area (Å²) in [7, 11) is 0. The lowest BCUT2D eigenvalue weighted by atomic mass is 10.1. The molecule has 0 spiro atoms. The highest BCUT2D eigenvalue weighted by Crippen LogP contribution is 2.28. The monoisotopic (exact) mass is 403 g/mol. The van der Waals surface area contributed by atoms with E-state index in [2.05, 4.69) is 42.5 Å². The van der Waals surface area contributed by atoms with Crippen LogP contribution in [0, 0.1) is 6.92 Å². The smallest absolute Gasteiger partial charge is 0.262 e. The van der Waals surface area contributed by atoms with Gasteiger partial charge in [0.2, 0.25) is 0 Å². The molecular formula is C21H21N7O2. The van der Waals surface area contributed by atoms with Crippen molar-refractivity contribution in [3.8, 4) is 11.3 Å². The van der Waals surface area contributed by atoms with Gasteiger partial charge >= 0.3 is 0 Å². The largest absolute Gasteiger partial charge is 0.378 e. The third-order valence-corrected chi connectivity index (χ3v) is 5.24. The Morgan fingerprint density at radius 2 is 1.97 bits per heavy atom. The van der Waals surface area contributed by atoms with Crippen LogP contribution in [0.15, 0.2) is 47.7 Å². The third-order valence-electron chi connectivity index (χ3n) is 5.24. The molecule has 30 heavy (non-hydrogen) atoms. The predicted octanol–water partition coefficient (Wildman–Crippen LogP) is 2.60. The van der Waals surface area contributed by atoms with Crippen LogP contribution in [0.3, 0.4) is 0 Å². The highest BCUT2D eigenvalue weighted by Gasteiger charge is 2.15. The fourth-order valence-corrected chi connectivity index (χ4v) is 3.64. The molecule has 152 valence electrons. The fraction of sp³-hybridized carbons (Fsp3) is 0.238. The van der Waals surface area contributed by atoms with Gasteiger partial charge in [-0.15, -0.1) is 0 Å². The molecule has 4 heterocycles. The molecule has 9 heteroatoms. The van der Waals surface area contributed by atoms with E-state index in [-0.39, 0.29) is 5.56 Å². The Bertz CT molecular complexity index is 1240. The second-order valence-corrected chi connectivity index (χ2v) is 7.16. The summed E-state index contributed by atoms with van der Waals surface area (Å²) >= 11 is 0. The number of hydrogen-bond acceptors (Lipinski definition) is 7. The highest BCUT2D eigenvalue weighted by atomic mass is 16.5. The molecule has 1 saturated heterocycles. The molecule has 1 aliphatic heterocycles. The van der Waals surface area contributed by atoms with Crippen molar-refractivity contribution in [3.63, 3.8) is 0 Å². The quantitative estimate of drug-likeness (QED) is 0.480. The van der Waals surface area contributed by atoms with Gasteiger partial charge in [0.25, 0.3) is 5.56 Å². The minimum Gasteiger partial charge on any atom is -0.378 e. The first-order valence-corrected chi connectivity index (χ1v) is 9.77. The van der Waals surface area contributed by atoms with Crippen molar-refractivity contribution < 1.29 is 4.74 Å². The molecular weight excluding hydrogens is 382 g/mol. The molecule has 1 aliphatic rings. The Balaban J connectivity index is 1.53. The van der Waals surface area contributed by atoms with Crippen LogP contribution in [0.1, 0.15) is 5.69 Å². The number of aryl methyl sites for hydroxylation is 1. The number of rotatable bonds is 4. The van der Waals surface area contributed by atoms with Crippen molar-refractivity contribution in [2.24, 2.45) is 0 Å². The fourth-order valence-electron chi connectivity index (χ4n) is 3.64. The van der Waals surface area contributed by atoms with Gasteiger partial charge in [-0.1, -0.05) is 0 Å². The summed E-state index contributed by atoms with van der Waals surface area (Å²) in [5.74, 6) is 0.455. The van der Waals surface area contributed by atoms with Gasteiger partial charge in [0, 0.05) is 35.7 Å². The summed E-state index contributed by atoms with van der Waals surface area (Å²) in [5, 5.41) is 10.7. The Morgan fingerprint density at radius 3 is 2.70 bits per heavy atom. The van der Waals surface area contributed by atoms with Crippen molar-refractivity contribution in [1.29, 1.82) is 0 Å². The van der Waals surface area contributed by atoms with Crippen LogP contribution in [-0.2, 0) is 4.74 Å². The van der Waals surface area contributed by atoms with Crippen LogP contribution in [0.2, 0.25) is 0 Å². The molecule has 0 saturated carbocycles. The second-order valence-electron chi connectivity index (χ2n) is 7.16. The van der Waals surface area contributed by atoms with E-state index in [1.54, 1.807) is 12.3 Å². The van der Waals surface area contributed by atoms with E-state index in [1.807, 2.05) is 19.1 Å². The number of fused-ring (bicyclic) bond motifs is 1. The lowest BCUT2D eigenvalue weighted by Gasteiger charge is -2.28. The van der Waals surface area contributed by atoms with Crippen LogP contribution in [0.4, 0.5) is 17.2 Å². The Kier molecular flexibility index (Phi) is 4.64. The van der Waals surface area contributed by atoms with Crippen LogP contribution in [-0.4, -0.2) is 51.5 Å². The first-order chi connectivity index (χ1) is 14.7. The van der Waals surface area contributed by atoms with E-state index < -0.39 is 0 Å². The summed E-state index contributed by atoms with van der Waals surface area (Å²) in [6.45, 7) is 5.17. The number of H-pyrrole nitrogens is 2. The predicted molar refractivity (Wildman–Crippen MR) is 115 cm³/mol. The highest BCUT2D eigenvalue weighted by molar-refractivity contribution is 5.93. The first-order valence-electron chi connectivity index (χ1n) is 9.77. The zero-order chi connectivity index (χ0) is 20.5. The third kappa shape index (κ3) is 3.39. The standard InChI is InChI=1S/C21H21N7O2/c1-13-16(11-24-27-13)17-10-18-19(21(29)23-12-22-18)20(26-17)25-14-2-4-15(5-3-14)28-6-8-30-9-7-28/h2-5,10-12H,6-9H2,1H3,(H,24,27)(H,25,26)(H,22,23,29). The maximum absolute atomic E-state index is 12.5. The van der Waals surface area contributed by atoms with Gasteiger partial charge in [-0.25, -0.2) is 9.97 Å². The van der Waals surface area contributed by atoms with Gasteiger partial charge < -0.3 is 19.9 Å². The summed E-state index contributed by atoms with van der Waals surface area (Å²) in [5.41, 5.74) is 4.76. The van der Waals surface area contributed by atoms with Crippen LogP contribution >= 0.6 is 0 Å². The van der Waals surface area contributed by atoms with Gasteiger partial charge in [-0.3, -0.25) is 9.89 Å². The Hall–Kier alpha value is -3.72. The zero-order valence-corrected chi connectivity index (χ0v) is 16.5. The van der Waals surface area contributed by atoms with Gasteiger partial charge in [0.05, 0.1) is 36.9 Å². The Labute approximate surface area is 172 Å². The summed E-state index contributed by atoms with van der Waals surface area (Å²) in [6.07, 6.45) is 3.12. The van der Waals surface area contributed by atoms with E-state index in [9.17, 15) is 4.79 Å². The maximum Gasteiger partial charge on any atom is 0.262 e. The van der Waals surface area contributed by atoms with Gasteiger partial charge in [-0.05, 0) is 37.3 Å². The van der Waals surface area contributed by atoms with Crippen molar-refractivity contribution in [3.05, 3.63) is 58.9 Å². The number of aromatic nitrogens is 5. The van der Waals surface area contributed by atoms with Gasteiger partial charge in [0.15, 0.2) is 0 Å². The molecule has 9 nitrogen and oxygen atoms in total. The topological polar surface area (TPSA) is 112 Å². The van der Waals surface area contributed by atoms with Crippen molar-refractivity contribution in [2.75, 3.05) is 36.5 Å². The average Bonchev–Trinajstić information content (AvgIpc) is 3.21. The number of pyridine rings is 1. The first kappa shape index (κ1) is 18.3. The van der Waals surface area contributed by atoms with Crippen LogP contribution in [0.25, 0.3) is 22.2 Å². The maximum atomic E-state index is 12.5. The molecule has 0 amide bonds. The average molecular weight is 403 g/mol. The molecule has 1 fully saturated rings. The van der Waals surface area contributed by atoms with E-state index in [4.69, 9.17) is 9.72 Å². The van der Waals surface area contributed by atoms with E-state index >= 15 is 0 Å². The molecule has 0 bridgehead atoms. The Morgan fingerprint density at radius 1 is 1.17 bits per heavy atom. The minimum atomic E-state index is -0.240. The molecule has 0 unspecified atom stereocenters. The number of ether oxygens (including phenoxy) is 1. The van der Waals surface area contributed by atoms with Crippen molar-refractivity contribution in [1.82, 2.24) is 25.1 Å². The number of hydrogen-bond donors (Lipinski definition) is 3. The van der Waals surface area contributed by atoms with Gasteiger partial charge in [0.1, 0.15) is 11.2 Å². The van der Waals surface area contributed by atoms with Crippen LogP contribution < -0.4 is 15.8 Å². The number of nitrogens with zero attached hydrogens (tertiary/aromatic N) is 4. The van der Waals surface area contributed by atoms with Crippen molar-refractivity contribution >= 4 is 28.1 Å². The molecule has 0 radical (unpaired) electrons. The van der Waals surface area contributed by atoms with Crippen molar-refractivity contribution in [2.45, 2.75) is 6.92 Å². The van der Waals surface area contributed by atoms with Gasteiger partial charge in [-0.2, -0.15) is 5.10 Å². The lowest BCUT2D eigenvalue weighted by molar-refractivity contribution is 0.122. The zero-order valence-electron chi connectivity index (χ0n) is 16.5. The molecule has 5 rings (SSSR count). The molecule has 1 aromatic carbocycles. The molecule has 3 N–H and O–H groups in total. The number of anilines is 3. The SMILES string of the molecule is Cc1[nH]ncc1-c1cc2nc[nH]c(=O)c2c(Nc2ccc(N3CCOCC3)cc2)n1. The molecule has 3 aromatic heterocycles. The second kappa shape index (κ2) is 7.60. The van der Waals surface area contributed by atoms with Crippen LogP contribution in [0.5, 0.6) is 0 Å².